The Morgan fingerprint density at radius 1 is 1.21 bits per heavy atom. The molecule has 1 N–H and O–H groups in total. The number of rotatable bonds is 7. The van der Waals surface area contributed by atoms with Gasteiger partial charge >= 0.3 is 0 Å². The molecule has 2 aromatic carbocycles. The van der Waals surface area contributed by atoms with Gasteiger partial charge in [-0.25, -0.2) is 0 Å². The molecule has 3 rings (SSSR count). The van der Waals surface area contributed by atoms with Gasteiger partial charge in [-0.1, -0.05) is 32.0 Å². The molecular formula is C23H28N2O4. The Morgan fingerprint density at radius 2 is 1.97 bits per heavy atom. The lowest BCUT2D eigenvalue weighted by molar-refractivity contribution is -0.122. The fourth-order valence-electron chi connectivity index (χ4n) is 3.62. The molecule has 0 bridgehead atoms. The number of methoxy groups -OCH3 is 2. The summed E-state index contributed by atoms with van der Waals surface area (Å²) in [6, 6.07) is 13.1. The SMILES string of the molecule is CC[C@H](C)c1ccccc1NC(=O)[C@@H]1CC(=O)N(c2ccc(OC)cc2OC)C1. The van der Waals surface area contributed by atoms with Crippen molar-refractivity contribution < 1.29 is 19.1 Å². The summed E-state index contributed by atoms with van der Waals surface area (Å²) in [6.07, 6.45) is 1.16. The molecule has 1 aliphatic heterocycles. The maximum atomic E-state index is 12.9. The van der Waals surface area contributed by atoms with Crippen molar-refractivity contribution in [3.05, 3.63) is 48.0 Å². The fourth-order valence-corrected chi connectivity index (χ4v) is 3.62. The van der Waals surface area contributed by atoms with Crippen LogP contribution >= 0.6 is 0 Å². The first-order chi connectivity index (χ1) is 14.0. The second-order valence-electron chi connectivity index (χ2n) is 7.33. The van der Waals surface area contributed by atoms with Gasteiger partial charge in [0.15, 0.2) is 0 Å². The van der Waals surface area contributed by atoms with Gasteiger partial charge in [0.2, 0.25) is 11.8 Å². The molecule has 6 nitrogen and oxygen atoms in total. The van der Waals surface area contributed by atoms with Crippen LogP contribution in [0.2, 0.25) is 0 Å². The molecule has 1 heterocycles. The summed E-state index contributed by atoms with van der Waals surface area (Å²) in [5, 5.41) is 3.04. The van der Waals surface area contributed by atoms with Crippen LogP contribution in [0, 0.1) is 5.92 Å². The Morgan fingerprint density at radius 3 is 2.66 bits per heavy atom. The normalized spacial score (nSPS) is 17.2. The zero-order valence-electron chi connectivity index (χ0n) is 17.4. The van der Waals surface area contributed by atoms with Crippen molar-refractivity contribution in [1.29, 1.82) is 0 Å². The molecule has 2 amide bonds. The zero-order valence-corrected chi connectivity index (χ0v) is 17.4. The van der Waals surface area contributed by atoms with Crippen LogP contribution in [0.4, 0.5) is 11.4 Å². The van der Waals surface area contributed by atoms with Crippen molar-refractivity contribution in [2.45, 2.75) is 32.6 Å². The minimum atomic E-state index is -0.417. The summed E-state index contributed by atoms with van der Waals surface area (Å²) in [5.74, 6) is 0.887. The smallest absolute Gasteiger partial charge is 0.229 e. The first kappa shape index (κ1) is 20.7. The van der Waals surface area contributed by atoms with Crippen molar-refractivity contribution in [3.63, 3.8) is 0 Å². The molecule has 2 atom stereocenters. The minimum absolute atomic E-state index is 0.0937. The maximum Gasteiger partial charge on any atom is 0.229 e. The van der Waals surface area contributed by atoms with Crippen molar-refractivity contribution in [2.24, 2.45) is 5.92 Å². The molecule has 0 spiro atoms. The van der Waals surface area contributed by atoms with Crippen LogP contribution in [0.1, 0.15) is 38.2 Å². The van der Waals surface area contributed by atoms with E-state index in [1.807, 2.05) is 24.3 Å². The van der Waals surface area contributed by atoms with E-state index in [0.717, 1.165) is 17.7 Å². The molecule has 2 aromatic rings. The molecule has 0 aliphatic carbocycles. The Hall–Kier alpha value is -3.02. The van der Waals surface area contributed by atoms with Crippen molar-refractivity contribution >= 4 is 23.2 Å². The van der Waals surface area contributed by atoms with E-state index >= 15 is 0 Å². The maximum absolute atomic E-state index is 12.9. The van der Waals surface area contributed by atoms with Gasteiger partial charge in [0, 0.05) is 24.7 Å². The van der Waals surface area contributed by atoms with Gasteiger partial charge in [-0.15, -0.1) is 0 Å². The summed E-state index contributed by atoms with van der Waals surface area (Å²) in [6.45, 7) is 4.58. The van der Waals surface area contributed by atoms with Gasteiger partial charge < -0.3 is 19.7 Å². The average molecular weight is 396 g/mol. The van der Waals surface area contributed by atoms with Gasteiger partial charge in [-0.3, -0.25) is 9.59 Å². The van der Waals surface area contributed by atoms with Crippen LogP contribution in [0.25, 0.3) is 0 Å². The van der Waals surface area contributed by atoms with E-state index < -0.39 is 5.92 Å². The summed E-state index contributed by atoms with van der Waals surface area (Å²) in [4.78, 5) is 27.2. The number of nitrogens with one attached hydrogen (secondary N) is 1. The van der Waals surface area contributed by atoms with Crippen LogP contribution in [0.5, 0.6) is 11.5 Å². The molecule has 1 saturated heterocycles. The Balaban J connectivity index is 1.77. The highest BCUT2D eigenvalue weighted by atomic mass is 16.5. The molecule has 154 valence electrons. The second kappa shape index (κ2) is 8.99. The molecule has 0 unspecified atom stereocenters. The standard InChI is InChI=1S/C23H28N2O4/c1-5-15(2)18-8-6-7-9-19(18)24-23(27)16-12-22(26)25(14-16)20-11-10-17(28-3)13-21(20)29-4/h6-11,13,15-16H,5,12,14H2,1-4H3,(H,24,27)/t15-,16+/m0/s1. The Bertz CT molecular complexity index is 896. The van der Waals surface area contributed by atoms with Crippen LogP contribution in [-0.4, -0.2) is 32.6 Å². The van der Waals surface area contributed by atoms with E-state index in [9.17, 15) is 9.59 Å². The first-order valence-corrected chi connectivity index (χ1v) is 9.90. The van der Waals surface area contributed by atoms with Crippen molar-refractivity contribution in [3.8, 4) is 11.5 Å². The van der Waals surface area contributed by atoms with Gasteiger partial charge in [0.25, 0.3) is 0 Å². The first-order valence-electron chi connectivity index (χ1n) is 9.90. The van der Waals surface area contributed by atoms with E-state index in [1.54, 1.807) is 37.3 Å². The quantitative estimate of drug-likeness (QED) is 0.761. The Kier molecular flexibility index (Phi) is 6.42. The largest absolute Gasteiger partial charge is 0.497 e. The summed E-state index contributed by atoms with van der Waals surface area (Å²) in [5.41, 5.74) is 2.58. The van der Waals surface area contributed by atoms with Gasteiger partial charge in [0.05, 0.1) is 25.8 Å². The van der Waals surface area contributed by atoms with E-state index in [4.69, 9.17) is 9.47 Å². The number of anilines is 2. The predicted octanol–water partition coefficient (Wildman–Crippen LogP) is 4.21. The molecule has 1 fully saturated rings. The van der Waals surface area contributed by atoms with Crippen LogP contribution < -0.4 is 19.7 Å². The lowest BCUT2D eigenvalue weighted by atomic mass is 9.96. The number of hydrogen-bond acceptors (Lipinski definition) is 4. The molecule has 0 saturated carbocycles. The highest BCUT2D eigenvalue weighted by molar-refractivity contribution is 6.04. The molecule has 0 radical (unpaired) electrons. The van der Waals surface area contributed by atoms with E-state index in [-0.39, 0.29) is 18.2 Å². The van der Waals surface area contributed by atoms with Gasteiger partial charge in [-0.2, -0.15) is 0 Å². The number of para-hydroxylation sites is 1. The number of benzene rings is 2. The molecule has 1 aliphatic rings. The number of ether oxygens (including phenoxy) is 2. The third-order valence-corrected chi connectivity index (χ3v) is 5.54. The van der Waals surface area contributed by atoms with Gasteiger partial charge in [0.1, 0.15) is 11.5 Å². The van der Waals surface area contributed by atoms with Crippen LogP contribution in [0.3, 0.4) is 0 Å². The van der Waals surface area contributed by atoms with Gasteiger partial charge in [-0.05, 0) is 36.1 Å². The monoisotopic (exact) mass is 396 g/mol. The number of hydrogen-bond donors (Lipinski definition) is 1. The lowest BCUT2D eigenvalue weighted by Gasteiger charge is -2.20. The van der Waals surface area contributed by atoms with E-state index in [2.05, 4.69) is 19.2 Å². The molecule has 0 aromatic heterocycles. The summed E-state index contributed by atoms with van der Waals surface area (Å²) >= 11 is 0. The fraction of sp³-hybridized carbons (Fsp3) is 0.391. The highest BCUT2D eigenvalue weighted by Gasteiger charge is 2.36. The molecule has 29 heavy (non-hydrogen) atoms. The molecule has 6 heteroatoms. The second-order valence-corrected chi connectivity index (χ2v) is 7.33. The number of amides is 2. The lowest BCUT2D eigenvalue weighted by Crippen LogP contribution is -2.28. The third-order valence-electron chi connectivity index (χ3n) is 5.54. The zero-order chi connectivity index (χ0) is 21.0. The average Bonchev–Trinajstić information content (AvgIpc) is 3.14. The Labute approximate surface area is 171 Å². The third kappa shape index (κ3) is 4.36. The number of carbonyl (C=O) groups is 2. The minimum Gasteiger partial charge on any atom is -0.497 e. The number of nitrogens with zero attached hydrogens (tertiary/aromatic N) is 1. The van der Waals surface area contributed by atoms with Crippen LogP contribution in [-0.2, 0) is 9.59 Å². The van der Waals surface area contributed by atoms with Crippen molar-refractivity contribution in [1.82, 2.24) is 0 Å². The number of carbonyl (C=O) groups excluding carboxylic acids is 2. The topological polar surface area (TPSA) is 67.9 Å². The van der Waals surface area contributed by atoms with Crippen LogP contribution in [0.15, 0.2) is 42.5 Å². The predicted molar refractivity (Wildman–Crippen MR) is 114 cm³/mol. The molecular weight excluding hydrogens is 368 g/mol. The van der Waals surface area contributed by atoms with E-state index in [1.165, 1.54) is 0 Å². The highest BCUT2D eigenvalue weighted by Crippen LogP contribution is 2.36. The van der Waals surface area contributed by atoms with E-state index in [0.29, 0.717) is 29.6 Å². The van der Waals surface area contributed by atoms with Crippen molar-refractivity contribution in [2.75, 3.05) is 31.0 Å². The summed E-state index contributed by atoms with van der Waals surface area (Å²) < 4.78 is 10.6. The summed E-state index contributed by atoms with van der Waals surface area (Å²) in [7, 11) is 3.13.